The lowest BCUT2D eigenvalue weighted by Gasteiger charge is -2.09. The van der Waals surface area contributed by atoms with Gasteiger partial charge in [-0.1, -0.05) is 72.4 Å². The number of non-ortho nitro benzene ring substituents is 1. The van der Waals surface area contributed by atoms with E-state index in [2.05, 4.69) is 69.8 Å². The summed E-state index contributed by atoms with van der Waals surface area (Å²) in [6, 6.07) is 28.0. The maximum absolute atomic E-state index is 11.1. The lowest BCUT2D eigenvalue weighted by Crippen LogP contribution is -1.98. The summed E-state index contributed by atoms with van der Waals surface area (Å²) >= 11 is 1.67. The Bertz CT molecular complexity index is 1490. The normalized spacial score (nSPS) is 13.2. The molecule has 34 heavy (non-hydrogen) atoms. The first-order valence-electron chi connectivity index (χ1n) is 11.5. The molecular weight excluding hydrogens is 442 g/mol. The van der Waals surface area contributed by atoms with Gasteiger partial charge in [-0.05, 0) is 42.5 Å². The van der Waals surface area contributed by atoms with Crippen molar-refractivity contribution in [1.82, 2.24) is 8.97 Å². The second kappa shape index (κ2) is 8.54. The van der Waals surface area contributed by atoms with Gasteiger partial charge in [-0.3, -0.25) is 14.5 Å². The van der Waals surface area contributed by atoms with E-state index in [1.54, 1.807) is 23.9 Å². The van der Waals surface area contributed by atoms with E-state index in [1.807, 2.05) is 18.2 Å². The van der Waals surface area contributed by atoms with Gasteiger partial charge in [-0.15, -0.1) is 0 Å². The number of hydrogen-bond donors (Lipinski definition) is 0. The van der Waals surface area contributed by atoms with Gasteiger partial charge in [0.2, 0.25) is 0 Å². The molecule has 2 aromatic heterocycles. The van der Waals surface area contributed by atoms with Gasteiger partial charge in [0.1, 0.15) is 5.65 Å². The highest BCUT2D eigenvalue weighted by Gasteiger charge is 2.27. The maximum Gasteiger partial charge on any atom is 0.269 e. The molecule has 0 aliphatic carbocycles. The molecule has 6 heteroatoms. The molecule has 168 valence electrons. The minimum atomic E-state index is -0.352. The second-order valence-corrected chi connectivity index (χ2v) is 9.62. The van der Waals surface area contributed by atoms with Crippen LogP contribution >= 0.6 is 11.8 Å². The molecule has 0 unspecified atom stereocenters. The Morgan fingerprint density at radius 3 is 2.18 bits per heavy atom. The first-order valence-corrected chi connectivity index (χ1v) is 12.3. The average Bonchev–Trinajstić information content (AvgIpc) is 3.29. The van der Waals surface area contributed by atoms with E-state index in [4.69, 9.17) is 0 Å². The Morgan fingerprint density at radius 1 is 0.824 bits per heavy atom. The van der Waals surface area contributed by atoms with Gasteiger partial charge in [0.05, 0.1) is 15.6 Å². The fourth-order valence-corrected chi connectivity index (χ4v) is 6.02. The van der Waals surface area contributed by atoms with Gasteiger partial charge >= 0.3 is 0 Å². The number of nitro groups is 1. The molecule has 3 aromatic carbocycles. The molecule has 0 amide bonds. The van der Waals surface area contributed by atoms with E-state index in [0.29, 0.717) is 0 Å². The first kappa shape index (κ1) is 20.8. The Kier molecular flexibility index (Phi) is 5.23. The molecule has 0 spiro atoms. The number of aryl methyl sites for hydroxylation is 2. The maximum atomic E-state index is 11.1. The molecule has 1 aliphatic rings. The van der Waals surface area contributed by atoms with Crippen molar-refractivity contribution in [3.63, 3.8) is 0 Å². The van der Waals surface area contributed by atoms with Crippen molar-refractivity contribution in [3.8, 4) is 22.4 Å². The van der Waals surface area contributed by atoms with Crippen LogP contribution in [-0.4, -0.2) is 13.9 Å². The smallest absolute Gasteiger partial charge is 0.269 e. The minimum Gasteiger partial charge on any atom is -0.325 e. The van der Waals surface area contributed by atoms with Crippen LogP contribution in [0, 0.1) is 10.1 Å². The van der Waals surface area contributed by atoms with E-state index < -0.39 is 0 Å². The zero-order chi connectivity index (χ0) is 23.1. The van der Waals surface area contributed by atoms with Crippen molar-refractivity contribution in [1.29, 1.82) is 0 Å². The monoisotopic (exact) mass is 465 g/mol. The predicted octanol–water partition coefficient (Wildman–Crippen LogP) is 7.47. The second-order valence-electron chi connectivity index (χ2n) is 8.56. The van der Waals surface area contributed by atoms with E-state index in [1.165, 1.54) is 33.6 Å². The van der Waals surface area contributed by atoms with Gasteiger partial charge < -0.3 is 4.57 Å². The standard InChI is InChI=1S/C28H23N3O2S/c32-31(33)22-14-16-23(17-15-22)34-28-26(21-11-5-2-6-12-21)24-13-7-8-18-29-25(19-30(28)27(24)29)20-9-3-1-4-10-20/h1-6,9-12,14-17,19H,7-8,13,18H2. The summed E-state index contributed by atoms with van der Waals surface area (Å²) in [6.07, 6.45) is 5.60. The molecule has 1 aliphatic heterocycles. The highest BCUT2D eigenvalue weighted by atomic mass is 32.2. The first-order chi connectivity index (χ1) is 16.7. The molecule has 0 radical (unpaired) electrons. The molecule has 0 N–H and O–H groups in total. The van der Waals surface area contributed by atoms with Crippen LogP contribution in [0.2, 0.25) is 0 Å². The third-order valence-electron chi connectivity index (χ3n) is 6.48. The van der Waals surface area contributed by atoms with Gasteiger partial charge in [0, 0.05) is 40.9 Å². The fraction of sp³-hybridized carbons (Fsp3) is 0.143. The van der Waals surface area contributed by atoms with Crippen LogP contribution in [0.15, 0.2) is 101 Å². The molecule has 0 bridgehead atoms. The topological polar surface area (TPSA) is 52.5 Å². The molecular formula is C28H23N3O2S. The van der Waals surface area contributed by atoms with E-state index >= 15 is 0 Å². The summed E-state index contributed by atoms with van der Waals surface area (Å²) in [5, 5.41) is 12.3. The number of aromatic nitrogens is 2. The molecule has 5 nitrogen and oxygen atoms in total. The quantitative estimate of drug-likeness (QED) is 0.200. The van der Waals surface area contributed by atoms with Crippen LogP contribution in [0.1, 0.15) is 18.4 Å². The summed E-state index contributed by atoms with van der Waals surface area (Å²) in [5.41, 5.74) is 7.68. The number of rotatable bonds is 5. The fourth-order valence-electron chi connectivity index (χ4n) is 4.95. The molecule has 0 saturated heterocycles. The van der Waals surface area contributed by atoms with Crippen LogP contribution in [0.3, 0.4) is 0 Å². The molecule has 0 saturated carbocycles. The molecule has 5 aromatic rings. The third kappa shape index (κ3) is 3.51. The lowest BCUT2D eigenvalue weighted by molar-refractivity contribution is -0.384. The molecule has 0 fully saturated rings. The predicted molar refractivity (Wildman–Crippen MR) is 136 cm³/mol. The SMILES string of the molecule is O=[N+]([O-])c1ccc(Sc2c(-c3ccccc3)c3c4n(c(-c5ccccc5)cn24)CCCC3)cc1. The lowest BCUT2D eigenvalue weighted by atomic mass is 10.0. The van der Waals surface area contributed by atoms with E-state index in [0.717, 1.165) is 35.7 Å². The van der Waals surface area contributed by atoms with Crippen molar-refractivity contribution in [2.45, 2.75) is 35.7 Å². The van der Waals surface area contributed by atoms with Crippen molar-refractivity contribution in [2.75, 3.05) is 0 Å². The van der Waals surface area contributed by atoms with Crippen LogP contribution in [0.5, 0.6) is 0 Å². The van der Waals surface area contributed by atoms with Crippen molar-refractivity contribution in [2.24, 2.45) is 0 Å². The van der Waals surface area contributed by atoms with Gasteiger partial charge in [0.25, 0.3) is 5.69 Å². The molecule has 0 atom stereocenters. The Hall–Kier alpha value is -3.77. The van der Waals surface area contributed by atoms with E-state index in [-0.39, 0.29) is 10.6 Å². The summed E-state index contributed by atoms with van der Waals surface area (Å²) < 4.78 is 4.82. The molecule has 3 heterocycles. The average molecular weight is 466 g/mol. The summed E-state index contributed by atoms with van der Waals surface area (Å²) in [6.45, 7) is 0.994. The van der Waals surface area contributed by atoms with Crippen LogP contribution in [-0.2, 0) is 13.0 Å². The van der Waals surface area contributed by atoms with Crippen LogP contribution in [0.4, 0.5) is 5.69 Å². The number of hydrogen-bond acceptors (Lipinski definition) is 3. The van der Waals surface area contributed by atoms with Crippen LogP contribution in [0.25, 0.3) is 28.0 Å². The van der Waals surface area contributed by atoms with Crippen molar-refractivity contribution in [3.05, 3.63) is 107 Å². The van der Waals surface area contributed by atoms with Gasteiger partial charge in [-0.2, -0.15) is 0 Å². The molecule has 6 rings (SSSR count). The number of benzene rings is 3. The largest absolute Gasteiger partial charge is 0.325 e. The summed E-state index contributed by atoms with van der Waals surface area (Å²) in [5.74, 6) is 0. The van der Waals surface area contributed by atoms with Gasteiger partial charge in [0.15, 0.2) is 0 Å². The van der Waals surface area contributed by atoms with Crippen LogP contribution < -0.4 is 0 Å². The van der Waals surface area contributed by atoms with Crippen molar-refractivity contribution >= 4 is 23.1 Å². The highest BCUT2D eigenvalue weighted by Crippen LogP contribution is 2.45. The summed E-state index contributed by atoms with van der Waals surface area (Å²) in [4.78, 5) is 11.8. The minimum absolute atomic E-state index is 0.112. The zero-order valence-corrected chi connectivity index (χ0v) is 19.4. The highest BCUT2D eigenvalue weighted by molar-refractivity contribution is 7.99. The van der Waals surface area contributed by atoms with Gasteiger partial charge in [-0.25, -0.2) is 0 Å². The van der Waals surface area contributed by atoms with E-state index in [9.17, 15) is 10.1 Å². The zero-order valence-electron chi connectivity index (χ0n) is 18.6. The van der Waals surface area contributed by atoms with Crippen molar-refractivity contribution < 1.29 is 4.92 Å². The Labute approximate surface area is 201 Å². The Balaban J connectivity index is 1.59. The summed E-state index contributed by atoms with van der Waals surface area (Å²) in [7, 11) is 0. The Morgan fingerprint density at radius 2 is 1.50 bits per heavy atom. The number of nitrogens with zero attached hydrogens (tertiary/aromatic N) is 3. The number of imidazole rings is 1. The number of nitro benzene ring substituents is 1. The third-order valence-corrected chi connectivity index (χ3v) is 7.59.